The highest BCUT2D eigenvalue weighted by Gasteiger charge is 2.19. The van der Waals surface area contributed by atoms with Gasteiger partial charge in [0.1, 0.15) is 0 Å². The van der Waals surface area contributed by atoms with Crippen molar-refractivity contribution in [1.29, 1.82) is 0 Å². The highest BCUT2D eigenvalue weighted by atomic mass is 32.2. The van der Waals surface area contributed by atoms with Crippen molar-refractivity contribution >= 4 is 23.6 Å². The van der Waals surface area contributed by atoms with Gasteiger partial charge in [0.05, 0.1) is 0 Å². The summed E-state index contributed by atoms with van der Waals surface area (Å²) in [5, 5.41) is 2.96. The fraction of sp³-hybridized carbons (Fsp3) is 0.333. The summed E-state index contributed by atoms with van der Waals surface area (Å²) < 4.78 is 0. The zero-order valence-corrected chi connectivity index (χ0v) is 15.8. The molecule has 0 atom stereocenters. The lowest BCUT2D eigenvalue weighted by Crippen LogP contribution is -2.26. The maximum absolute atomic E-state index is 12.2. The Hall–Kier alpha value is -2.27. The first-order valence-electron chi connectivity index (χ1n) is 8.96. The molecule has 26 heavy (non-hydrogen) atoms. The van der Waals surface area contributed by atoms with Gasteiger partial charge in [0.25, 0.3) is 5.91 Å². The number of hydrogen-bond acceptors (Lipinski definition) is 3. The Balaban J connectivity index is 1.42. The molecular formula is C21H24N2O2S. The van der Waals surface area contributed by atoms with Gasteiger partial charge >= 0.3 is 0 Å². The molecule has 3 rings (SSSR count). The SMILES string of the molecule is Cc1ccc(SCCNC(=O)c2ccc(CN3CCCC3=O)cc2)cc1. The Morgan fingerprint density at radius 1 is 1.12 bits per heavy atom. The van der Waals surface area contributed by atoms with Crippen molar-refractivity contribution in [1.82, 2.24) is 10.2 Å². The van der Waals surface area contributed by atoms with Gasteiger partial charge in [0, 0.05) is 42.3 Å². The van der Waals surface area contributed by atoms with E-state index in [1.165, 1.54) is 10.5 Å². The number of benzene rings is 2. The van der Waals surface area contributed by atoms with Gasteiger partial charge in [0.2, 0.25) is 5.91 Å². The van der Waals surface area contributed by atoms with Crippen molar-refractivity contribution in [2.75, 3.05) is 18.8 Å². The first kappa shape index (κ1) is 18.5. The molecule has 0 saturated carbocycles. The number of amides is 2. The zero-order valence-electron chi connectivity index (χ0n) is 15.0. The molecule has 1 aliphatic heterocycles. The van der Waals surface area contributed by atoms with E-state index in [-0.39, 0.29) is 11.8 Å². The lowest BCUT2D eigenvalue weighted by molar-refractivity contribution is -0.128. The van der Waals surface area contributed by atoms with Crippen LogP contribution in [-0.4, -0.2) is 35.6 Å². The highest BCUT2D eigenvalue weighted by Crippen LogP contribution is 2.18. The second-order valence-corrected chi connectivity index (χ2v) is 7.70. The molecule has 1 fully saturated rings. The fourth-order valence-electron chi connectivity index (χ4n) is 2.92. The molecule has 2 aromatic rings. The van der Waals surface area contributed by atoms with Crippen LogP contribution < -0.4 is 5.32 Å². The molecule has 0 bridgehead atoms. The molecule has 0 radical (unpaired) electrons. The van der Waals surface area contributed by atoms with E-state index in [4.69, 9.17) is 0 Å². The Labute approximate surface area is 159 Å². The lowest BCUT2D eigenvalue weighted by atomic mass is 10.1. The molecular weight excluding hydrogens is 344 g/mol. The van der Waals surface area contributed by atoms with Crippen LogP contribution >= 0.6 is 11.8 Å². The Morgan fingerprint density at radius 3 is 2.50 bits per heavy atom. The lowest BCUT2D eigenvalue weighted by Gasteiger charge is -2.15. The van der Waals surface area contributed by atoms with Crippen LogP contribution in [0.15, 0.2) is 53.4 Å². The van der Waals surface area contributed by atoms with Crippen LogP contribution in [0.2, 0.25) is 0 Å². The second kappa shape index (κ2) is 8.90. The summed E-state index contributed by atoms with van der Waals surface area (Å²) in [4.78, 5) is 27.0. The minimum Gasteiger partial charge on any atom is -0.351 e. The summed E-state index contributed by atoms with van der Waals surface area (Å²) in [6.45, 7) is 4.16. The molecule has 1 heterocycles. The molecule has 5 heteroatoms. The predicted octanol–water partition coefficient (Wildman–Crippen LogP) is 3.64. The highest BCUT2D eigenvalue weighted by molar-refractivity contribution is 7.99. The third-order valence-corrected chi connectivity index (χ3v) is 5.45. The summed E-state index contributed by atoms with van der Waals surface area (Å²) in [5.74, 6) is 1.00. The Bertz CT molecular complexity index is 757. The van der Waals surface area contributed by atoms with E-state index >= 15 is 0 Å². The normalized spacial score (nSPS) is 13.9. The molecule has 0 unspecified atom stereocenters. The summed E-state index contributed by atoms with van der Waals surface area (Å²) in [5.41, 5.74) is 2.97. The number of likely N-dealkylation sites (tertiary alicyclic amines) is 1. The molecule has 4 nitrogen and oxygen atoms in total. The minimum absolute atomic E-state index is 0.0571. The number of nitrogens with one attached hydrogen (secondary N) is 1. The molecule has 136 valence electrons. The maximum Gasteiger partial charge on any atom is 0.251 e. The van der Waals surface area contributed by atoms with Crippen molar-refractivity contribution in [2.45, 2.75) is 31.2 Å². The second-order valence-electron chi connectivity index (χ2n) is 6.53. The maximum atomic E-state index is 12.2. The van der Waals surface area contributed by atoms with Crippen LogP contribution in [0.3, 0.4) is 0 Å². The number of aryl methyl sites for hydroxylation is 1. The van der Waals surface area contributed by atoms with Gasteiger partial charge in [0.15, 0.2) is 0 Å². The molecule has 1 aliphatic rings. The summed E-state index contributed by atoms with van der Waals surface area (Å²) in [6, 6.07) is 15.9. The summed E-state index contributed by atoms with van der Waals surface area (Å²) in [7, 11) is 0. The first-order valence-corrected chi connectivity index (χ1v) is 9.95. The number of nitrogens with zero attached hydrogens (tertiary/aromatic N) is 1. The Morgan fingerprint density at radius 2 is 1.85 bits per heavy atom. The first-order chi connectivity index (χ1) is 12.6. The van der Waals surface area contributed by atoms with E-state index in [1.54, 1.807) is 11.8 Å². The molecule has 2 aromatic carbocycles. The third kappa shape index (κ3) is 5.11. The molecule has 1 saturated heterocycles. The van der Waals surface area contributed by atoms with Crippen LogP contribution in [0.1, 0.15) is 34.3 Å². The predicted molar refractivity (Wildman–Crippen MR) is 105 cm³/mol. The third-order valence-electron chi connectivity index (χ3n) is 4.44. The van der Waals surface area contributed by atoms with E-state index < -0.39 is 0 Å². The van der Waals surface area contributed by atoms with E-state index in [2.05, 4.69) is 36.5 Å². The molecule has 1 N–H and O–H groups in total. The number of carbonyl (C=O) groups excluding carboxylic acids is 2. The number of carbonyl (C=O) groups is 2. The van der Waals surface area contributed by atoms with Gasteiger partial charge in [-0.3, -0.25) is 9.59 Å². The van der Waals surface area contributed by atoms with Crippen LogP contribution in [-0.2, 0) is 11.3 Å². The van der Waals surface area contributed by atoms with E-state index in [9.17, 15) is 9.59 Å². The van der Waals surface area contributed by atoms with Gasteiger partial charge < -0.3 is 10.2 Å². The van der Waals surface area contributed by atoms with Crippen LogP contribution in [0.25, 0.3) is 0 Å². The average Bonchev–Trinajstić information content (AvgIpc) is 3.05. The van der Waals surface area contributed by atoms with Crippen molar-refractivity contribution in [3.8, 4) is 0 Å². The quantitative estimate of drug-likeness (QED) is 0.600. The van der Waals surface area contributed by atoms with Crippen LogP contribution in [0, 0.1) is 6.92 Å². The monoisotopic (exact) mass is 368 g/mol. The molecule has 0 aromatic heterocycles. The molecule has 0 spiro atoms. The van der Waals surface area contributed by atoms with Crippen molar-refractivity contribution in [3.05, 3.63) is 65.2 Å². The van der Waals surface area contributed by atoms with Gasteiger partial charge in [-0.1, -0.05) is 29.8 Å². The topological polar surface area (TPSA) is 49.4 Å². The van der Waals surface area contributed by atoms with E-state index in [1.807, 2.05) is 29.2 Å². The molecule has 0 aliphatic carbocycles. The van der Waals surface area contributed by atoms with Crippen molar-refractivity contribution < 1.29 is 9.59 Å². The van der Waals surface area contributed by atoms with Gasteiger partial charge in [-0.15, -0.1) is 11.8 Å². The molecule has 2 amide bonds. The number of hydrogen-bond donors (Lipinski definition) is 1. The number of rotatable bonds is 7. The standard InChI is InChI=1S/C21H24N2O2S/c1-16-4-10-19(11-5-16)26-14-12-22-21(25)18-8-6-17(7-9-18)15-23-13-2-3-20(23)24/h4-11H,2-3,12-15H2,1H3,(H,22,25). The summed E-state index contributed by atoms with van der Waals surface area (Å²) in [6.07, 6.45) is 1.60. The van der Waals surface area contributed by atoms with Crippen LogP contribution in [0.5, 0.6) is 0 Å². The zero-order chi connectivity index (χ0) is 18.4. The fourth-order valence-corrected chi connectivity index (χ4v) is 3.69. The largest absolute Gasteiger partial charge is 0.351 e. The smallest absolute Gasteiger partial charge is 0.251 e. The van der Waals surface area contributed by atoms with Crippen molar-refractivity contribution in [3.63, 3.8) is 0 Å². The summed E-state index contributed by atoms with van der Waals surface area (Å²) >= 11 is 1.73. The van der Waals surface area contributed by atoms with Gasteiger partial charge in [-0.05, 0) is 43.2 Å². The van der Waals surface area contributed by atoms with Gasteiger partial charge in [-0.2, -0.15) is 0 Å². The Kier molecular flexibility index (Phi) is 6.34. The number of thioether (sulfide) groups is 1. The van der Waals surface area contributed by atoms with Gasteiger partial charge in [-0.25, -0.2) is 0 Å². The van der Waals surface area contributed by atoms with E-state index in [0.29, 0.717) is 25.1 Å². The van der Waals surface area contributed by atoms with E-state index in [0.717, 1.165) is 24.3 Å². The van der Waals surface area contributed by atoms with Crippen LogP contribution in [0.4, 0.5) is 0 Å². The van der Waals surface area contributed by atoms with Crippen molar-refractivity contribution in [2.24, 2.45) is 0 Å². The minimum atomic E-state index is -0.0571. The average molecular weight is 369 g/mol.